The van der Waals surface area contributed by atoms with Crippen molar-refractivity contribution in [3.05, 3.63) is 59.2 Å². The lowest BCUT2D eigenvalue weighted by molar-refractivity contribution is -0.149. The molecule has 10 N–H and O–H groups in total. The molecule has 35 heavy (non-hydrogen) atoms. The summed E-state index contributed by atoms with van der Waals surface area (Å²) in [6.45, 7) is -0.0152. The quantitative estimate of drug-likeness (QED) is 0.162. The number of hydrogen-bond donors (Lipinski definition) is 6. The van der Waals surface area contributed by atoms with Gasteiger partial charge < -0.3 is 37.9 Å². The smallest absolute Gasteiger partial charge is 0.322 e. The lowest BCUT2D eigenvalue weighted by Gasteiger charge is -2.19. The molecule has 1 aliphatic carbocycles. The predicted molar refractivity (Wildman–Crippen MR) is 133 cm³/mol. The second kappa shape index (κ2) is 13.0. The van der Waals surface area contributed by atoms with Crippen molar-refractivity contribution in [2.75, 3.05) is 5.75 Å². The second-order valence-corrected chi connectivity index (χ2v) is 9.95. The van der Waals surface area contributed by atoms with Gasteiger partial charge in [0.2, 0.25) is 0 Å². The average Bonchev–Trinajstić information content (AvgIpc) is 3.18. The van der Waals surface area contributed by atoms with Crippen LogP contribution in [0.1, 0.15) is 16.7 Å². The van der Waals surface area contributed by atoms with E-state index in [1.54, 1.807) is 0 Å². The van der Waals surface area contributed by atoms with Gasteiger partial charge in [-0.2, -0.15) is 0 Å². The Morgan fingerprint density at radius 1 is 0.943 bits per heavy atom. The maximum Gasteiger partial charge on any atom is 0.322 e. The van der Waals surface area contributed by atoms with Gasteiger partial charge in [-0.25, -0.2) is 4.79 Å². The van der Waals surface area contributed by atoms with Crippen LogP contribution in [-0.4, -0.2) is 57.2 Å². The highest BCUT2D eigenvalue weighted by atomic mass is 33.1. The fourth-order valence-electron chi connectivity index (χ4n) is 3.22. The number of carbonyl (C=O) groups excluding carboxylic acids is 2. The first-order valence-corrected chi connectivity index (χ1v) is 12.6. The molecular formula is C22H26N4O7S2. The summed E-state index contributed by atoms with van der Waals surface area (Å²) in [4.78, 5) is 43.8. The number of carboxylic acids is 2. The monoisotopic (exact) mass is 522 g/mol. The second-order valence-electron chi connectivity index (χ2n) is 7.40. The van der Waals surface area contributed by atoms with Gasteiger partial charge in [0.05, 0.1) is 0 Å². The van der Waals surface area contributed by atoms with Crippen molar-refractivity contribution in [2.24, 2.45) is 22.9 Å². The van der Waals surface area contributed by atoms with Crippen LogP contribution in [0.15, 0.2) is 42.5 Å². The molecular weight excluding hydrogens is 496 g/mol. The zero-order chi connectivity index (χ0) is 26.1. The number of carbonyl (C=O) groups is 4. The number of rotatable bonds is 10. The number of carboxylic acid groups (broad SMARTS) is 2. The zero-order valence-corrected chi connectivity index (χ0v) is 20.1. The Kier molecular flexibility index (Phi) is 10.4. The molecule has 13 heteroatoms. The number of urea groups is 1. The van der Waals surface area contributed by atoms with Gasteiger partial charge in [0.25, 0.3) is 0 Å². The standard InChI is InChI=1S/C21H22N2O6S2.CH4N2O/c22-16(19(24)25)10-30-31-18(17(23)20(26)27)21(28)29-9-12-5-3-7-14-13-6-2-1-4-11(13)8-15(12)14;2-1(3)4/h1-7,16-18H,8-10,22-23H2,(H,24,25)(H,26,27);(H4,2,3,4). The predicted octanol–water partition coefficient (Wildman–Crippen LogP) is 0.899. The van der Waals surface area contributed by atoms with Crippen molar-refractivity contribution in [2.45, 2.75) is 30.4 Å². The highest BCUT2D eigenvalue weighted by Crippen LogP contribution is 2.38. The van der Waals surface area contributed by atoms with Crippen molar-refractivity contribution in [3.63, 3.8) is 0 Å². The minimum Gasteiger partial charge on any atom is -0.480 e. The van der Waals surface area contributed by atoms with Crippen molar-refractivity contribution in [1.82, 2.24) is 0 Å². The van der Waals surface area contributed by atoms with Crippen LogP contribution in [0.2, 0.25) is 0 Å². The molecule has 3 rings (SSSR count). The Balaban J connectivity index is 0.00000100. The third-order valence-electron chi connectivity index (χ3n) is 4.90. The van der Waals surface area contributed by atoms with E-state index in [1.807, 2.05) is 30.3 Å². The van der Waals surface area contributed by atoms with E-state index in [2.05, 4.69) is 23.6 Å². The van der Waals surface area contributed by atoms with Gasteiger partial charge in [-0.3, -0.25) is 14.4 Å². The summed E-state index contributed by atoms with van der Waals surface area (Å²) in [5.74, 6) is -3.33. The molecule has 0 aromatic heterocycles. The van der Waals surface area contributed by atoms with Crippen LogP contribution in [0.3, 0.4) is 0 Å². The first-order chi connectivity index (χ1) is 16.5. The molecule has 0 saturated carbocycles. The number of amides is 2. The number of primary amides is 2. The van der Waals surface area contributed by atoms with Crippen LogP contribution in [0.25, 0.3) is 11.1 Å². The van der Waals surface area contributed by atoms with E-state index < -0.39 is 41.3 Å². The van der Waals surface area contributed by atoms with Crippen LogP contribution >= 0.6 is 21.6 Å². The van der Waals surface area contributed by atoms with Crippen molar-refractivity contribution >= 4 is 45.5 Å². The Hall–Kier alpha value is -3.26. The number of aliphatic carboxylic acids is 2. The van der Waals surface area contributed by atoms with Gasteiger partial charge in [0.1, 0.15) is 23.9 Å². The van der Waals surface area contributed by atoms with Crippen LogP contribution in [0.5, 0.6) is 0 Å². The molecule has 0 radical (unpaired) electrons. The summed E-state index contributed by atoms with van der Waals surface area (Å²) in [6.07, 6.45) is 0.731. The van der Waals surface area contributed by atoms with Gasteiger partial charge in [0.15, 0.2) is 0 Å². The van der Waals surface area contributed by atoms with E-state index in [1.165, 1.54) is 5.56 Å². The molecule has 188 valence electrons. The first-order valence-electron chi connectivity index (χ1n) is 10.2. The normalized spacial score (nSPS) is 13.8. The van der Waals surface area contributed by atoms with Gasteiger partial charge in [-0.15, -0.1) is 0 Å². The fourth-order valence-corrected chi connectivity index (χ4v) is 5.83. The zero-order valence-electron chi connectivity index (χ0n) is 18.5. The molecule has 3 atom stereocenters. The molecule has 1 aliphatic rings. The summed E-state index contributed by atoms with van der Waals surface area (Å²) in [5, 5.41) is 16.9. The number of nitrogens with two attached hydrogens (primary N) is 4. The van der Waals surface area contributed by atoms with Crippen LogP contribution in [0.4, 0.5) is 4.79 Å². The highest BCUT2D eigenvalue weighted by molar-refractivity contribution is 8.77. The number of esters is 1. The van der Waals surface area contributed by atoms with Gasteiger partial charge in [-0.05, 0) is 34.2 Å². The van der Waals surface area contributed by atoms with Gasteiger partial charge in [0, 0.05) is 5.75 Å². The molecule has 0 saturated heterocycles. The number of ether oxygens (including phenoxy) is 1. The Morgan fingerprint density at radius 3 is 2.20 bits per heavy atom. The lowest BCUT2D eigenvalue weighted by atomic mass is 10.0. The summed E-state index contributed by atoms with van der Waals surface area (Å²) < 4.78 is 5.43. The van der Waals surface area contributed by atoms with E-state index in [0.29, 0.717) is 0 Å². The van der Waals surface area contributed by atoms with Crippen LogP contribution in [-0.2, 0) is 32.1 Å². The Labute approximate surface area is 208 Å². The largest absolute Gasteiger partial charge is 0.480 e. The summed E-state index contributed by atoms with van der Waals surface area (Å²) >= 11 is 0. The maximum atomic E-state index is 12.6. The van der Waals surface area contributed by atoms with E-state index in [4.69, 9.17) is 26.1 Å². The molecule has 0 aliphatic heterocycles. The summed E-state index contributed by atoms with van der Waals surface area (Å²) in [5.41, 5.74) is 25.0. The Bertz CT molecular complexity index is 1100. The Morgan fingerprint density at radius 2 is 1.57 bits per heavy atom. The molecule has 0 heterocycles. The van der Waals surface area contributed by atoms with Crippen LogP contribution < -0.4 is 22.9 Å². The number of benzene rings is 2. The molecule has 2 aromatic rings. The minimum absolute atomic E-state index is 0.0133. The minimum atomic E-state index is -1.50. The topological polar surface area (TPSA) is 222 Å². The molecule has 11 nitrogen and oxygen atoms in total. The molecule has 0 bridgehead atoms. The van der Waals surface area contributed by atoms with Crippen molar-refractivity contribution in [3.8, 4) is 11.1 Å². The summed E-state index contributed by atoms with van der Waals surface area (Å²) in [6, 6.07) is 10.4. The molecule has 0 spiro atoms. The lowest BCUT2D eigenvalue weighted by Crippen LogP contribution is -2.45. The summed E-state index contributed by atoms with van der Waals surface area (Å²) in [7, 11) is 1.83. The highest BCUT2D eigenvalue weighted by Gasteiger charge is 2.34. The number of hydrogen-bond acceptors (Lipinski definition) is 9. The average molecular weight is 523 g/mol. The van der Waals surface area contributed by atoms with E-state index in [0.717, 1.165) is 50.3 Å². The SMILES string of the molecule is NC(CSSC(C(=O)OCc1cccc2c1Cc1ccccc1-2)C(N)C(=O)O)C(=O)O.NC(N)=O. The van der Waals surface area contributed by atoms with E-state index >= 15 is 0 Å². The molecule has 0 fully saturated rings. The van der Waals surface area contributed by atoms with Crippen molar-refractivity contribution in [1.29, 1.82) is 0 Å². The maximum absolute atomic E-state index is 12.6. The third kappa shape index (κ3) is 7.89. The first kappa shape index (κ1) is 28.0. The molecule has 2 aromatic carbocycles. The third-order valence-corrected chi connectivity index (χ3v) is 7.66. The molecule has 3 unspecified atom stereocenters. The van der Waals surface area contributed by atoms with Crippen LogP contribution in [0, 0.1) is 0 Å². The van der Waals surface area contributed by atoms with E-state index in [9.17, 15) is 19.5 Å². The number of fused-ring (bicyclic) bond motifs is 3. The van der Waals surface area contributed by atoms with E-state index in [-0.39, 0.29) is 12.4 Å². The molecule has 2 amide bonds. The van der Waals surface area contributed by atoms with Gasteiger partial charge >= 0.3 is 23.9 Å². The van der Waals surface area contributed by atoms with Crippen molar-refractivity contribution < 1.29 is 34.1 Å². The van der Waals surface area contributed by atoms with Gasteiger partial charge in [-0.1, -0.05) is 64.1 Å². The fraction of sp³-hybridized carbons (Fsp3) is 0.273.